The van der Waals surface area contributed by atoms with Crippen molar-refractivity contribution in [1.82, 2.24) is 5.32 Å². The third kappa shape index (κ3) is 5.99. The Morgan fingerprint density at radius 2 is 1.77 bits per heavy atom. The molecule has 0 aromatic carbocycles. The van der Waals surface area contributed by atoms with Crippen LogP contribution in [-0.2, 0) is 9.47 Å². The maximum absolute atomic E-state index is 5.61. The van der Waals surface area contributed by atoms with Crippen LogP contribution in [0.25, 0.3) is 0 Å². The molecule has 13 heavy (non-hydrogen) atoms. The van der Waals surface area contributed by atoms with Crippen LogP contribution in [0.1, 0.15) is 20.3 Å². The molecular weight excluding hydrogens is 168 g/mol. The quantitative estimate of drug-likeness (QED) is 0.568. The molecule has 0 spiro atoms. The molecule has 0 aliphatic heterocycles. The van der Waals surface area contributed by atoms with Gasteiger partial charge in [0.05, 0.1) is 0 Å². The van der Waals surface area contributed by atoms with E-state index in [1.54, 1.807) is 14.2 Å². The molecule has 0 fully saturated rings. The summed E-state index contributed by atoms with van der Waals surface area (Å²) < 4.78 is 10.2. The zero-order valence-electron chi connectivity index (χ0n) is 9.04. The van der Waals surface area contributed by atoms with Gasteiger partial charge in [-0.15, -0.1) is 0 Å². The van der Waals surface area contributed by atoms with E-state index in [9.17, 15) is 0 Å². The molecule has 0 saturated carbocycles. The van der Waals surface area contributed by atoms with Gasteiger partial charge in [0, 0.05) is 39.3 Å². The van der Waals surface area contributed by atoms with E-state index in [-0.39, 0.29) is 12.3 Å². The van der Waals surface area contributed by atoms with Gasteiger partial charge in [-0.2, -0.15) is 0 Å². The van der Waals surface area contributed by atoms with Crippen LogP contribution in [0.4, 0.5) is 0 Å². The Labute approximate surface area is 80.8 Å². The van der Waals surface area contributed by atoms with Crippen molar-refractivity contribution in [2.75, 3.05) is 20.8 Å². The number of hydrogen-bond donors (Lipinski definition) is 2. The average molecular weight is 190 g/mol. The Balaban J connectivity index is 3.80. The van der Waals surface area contributed by atoms with Crippen LogP contribution in [0.5, 0.6) is 0 Å². The lowest BCUT2D eigenvalue weighted by Gasteiger charge is -2.23. The smallest absolute Gasteiger partial charge is 0.158 e. The summed E-state index contributed by atoms with van der Waals surface area (Å²) in [6.45, 7) is 4.79. The van der Waals surface area contributed by atoms with Gasteiger partial charge in [-0.3, -0.25) is 0 Å². The fourth-order valence-corrected chi connectivity index (χ4v) is 1.22. The molecule has 4 nitrogen and oxygen atoms in total. The van der Waals surface area contributed by atoms with E-state index in [0.29, 0.717) is 12.6 Å². The second kappa shape index (κ2) is 7.26. The molecule has 80 valence electrons. The third-order valence-corrected chi connectivity index (χ3v) is 1.86. The second-order valence-electron chi connectivity index (χ2n) is 3.39. The SMILES string of the molecule is COC(CC(CN)NC(C)C)OC. The summed E-state index contributed by atoms with van der Waals surface area (Å²) in [5.74, 6) is 0. The van der Waals surface area contributed by atoms with Crippen LogP contribution >= 0.6 is 0 Å². The highest BCUT2D eigenvalue weighted by molar-refractivity contribution is 4.71. The van der Waals surface area contributed by atoms with Crippen molar-refractivity contribution in [1.29, 1.82) is 0 Å². The zero-order valence-corrected chi connectivity index (χ0v) is 9.04. The zero-order chi connectivity index (χ0) is 10.3. The van der Waals surface area contributed by atoms with Crippen molar-refractivity contribution in [2.24, 2.45) is 5.73 Å². The molecule has 1 atom stereocenters. The van der Waals surface area contributed by atoms with Gasteiger partial charge in [0.2, 0.25) is 0 Å². The first-order valence-corrected chi connectivity index (χ1v) is 4.65. The van der Waals surface area contributed by atoms with Crippen molar-refractivity contribution >= 4 is 0 Å². The summed E-state index contributed by atoms with van der Waals surface area (Å²) in [7, 11) is 3.27. The number of nitrogens with one attached hydrogen (secondary N) is 1. The van der Waals surface area contributed by atoms with E-state index < -0.39 is 0 Å². The fourth-order valence-electron chi connectivity index (χ4n) is 1.22. The summed E-state index contributed by atoms with van der Waals surface area (Å²) in [6, 6.07) is 0.688. The van der Waals surface area contributed by atoms with Crippen LogP contribution in [-0.4, -0.2) is 39.1 Å². The second-order valence-corrected chi connectivity index (χ2v) is 3.39. The molecule has 0 radical (unpaired) electrons. The lowest BCUT2D eigenvalue weighted by atomic mass is 10.2. The van der Waals surface area contributed by atoms with Gasteiger partial charge in [-0.05, 0) is 0 Å². The number of rotatable bonds is 7. The predicted molar refractivity (Wildman–Crippen MR) is 53.5 cm³/mol. The number of ether oxygens (including phenoxy) is 2. The molecule has 0 aliphatic rings. The van der Waals surface area contributed by atoms with E-state index >= 15 is 0 Å². The average Bonchev–Trinajstić information content (AvgIpc) is 2.11. The van der Waals surface area contributed by atoms with Crippen LogP contribution in [0.3, 0.4) is 0 Å². The maximum Gasteiger partial charge on any atom is 0.158 e. The molecule has 0 rings (SSSR count). The van der Waals surface area contributed by atoms with Crippen molar-refractivity contribution in [3.05, 3.63) is 0 Å². The van der Waals surface area contributed by atoms with E-state index in [2.05, 4.69) is 19.2 Å². The van der Waals surface area contributed by atoms with Crippen molar-refractivity contribution < 1.29 is 9.47 Å². The standard InChI is InChI=1S/C9H22N2O2/c1-7(2)11-8(6-10)5-9(12-3)13-4/h7-9,11H,5-6,10H2,1-4H3. The van der Waals surface area contributed by atoms with E-state index in [4.69, 9.17) is 15.2 Å². The van der Waals surface area contributed by atoms with E-state index in [0.717, 1.165) is 6.42 Å². The van der Waals surface area contributed by atoms with Gasteiger partial charge >= 0.3 is 0 Å². The fraction of sp³-hybridized carbons (Fsp3) is 1.00. The highest BCUT2D eigenvalue weighted by Gasteiger charge is 2.14. The highest BCUT2D eigenvalue weighted by atomic mass is 16.7. The topological polar surface area (TPSA) is 56.5 Å². The van der Waals surface area contributed by atoms with Crippen LogP contribution in [0.15, 0.2) is 0 Å². The van der Waals surface area contributed by atoms with E-state index in [1.807, 2.05) is 0 Å². The normalized spacial score (nSPS) is 14.1. The summed E-state index contributed by atoms with van der Waals surface area (Å²) in [4.78, 5) is 0. The lowest BCUT2D eigenvalue weighted by Crippen LogP contribution is -2.42. The molecule has 4 heteroatoms. The first kappa shape index (κ1) is 12.8. The van der Waals surface area contributed by atoms with Gasteiger partial charge in [-0.25, -0.2) is 0 Å². The molecule has 0 bridgehead atoms. The third-order valence-electron chi connectivity index (χ3n) is 1.86. The number of methoxy groups -OCH3 is 2. The molecule has 0 amide bonds. The van der Waals surface area contributed by atoms with Crippen molar-refractivity contribution in [2.45, 2.75) is 38.6 Å². The van der Waals surface area contributed by atoms with Crippen LogP contribution in [0, 0.1) is 0 Å². The molecule has 0 aromatic heterocycles. The molecular formula is C9H22N2O2. The lowest BCUT2D eigenvalue weighted by molar-refractivity contribution is -0.110. The number of nitrogens with two attached hydrogens (primary N) is 1. The summed E-state index contributed by atoms with van der Waals surface area (Å²) >= 11 is 0. The minimum Gasteiger partial charge on any atom is -0.356 e. The molecule has 1 unspecified atom stereocenters. The Kier molecular flexibility index (Phi) is 7.17. The van der Waals surface area contributed by atoms with Crippen molar-refractivity contribution in [3.8, 4) is 0 Å². The molecule has 0 aromatic rings. The van der Waals surface area contributed by atoms with Gasteiger partial charge in [-0.1, -0.05) is 13.8 Å². The molecule has 0 aliphatic carbocycles. The Morgan fingerprint density at radius 3 is 2.08 bits per heavy atom. The minimum absolute atomic E-state index is 0.167. The molecule has 0 heterocycles. The summed E-state index contributed by atoms with van der Waals surface area (Å²) in [5, 5.41) is 3.34. The Hall–Kier alpha value is -0.160. The maximum atomic E-state index is 5.61. The monoisotopic (exact) mass is 190 g/mol. The highest BCUT2D eigenvalue weighted by Crippen LogP contribution is 2.02. The molecule has 3 N–H and O–H groups in total. The minimum atomic E-state index is -0.167. The van der Waals surface area contributed by atoms with Gasteiger partial charge < -0.3 is 20.5 Å². The molecule has 0 saturated heterocycles. The van der Waals surface area contributed by atoms with Crippen LogP contribution in [0.2, 0.25) is 0 Å². The Bertz CT molecular complexity index is 116. The first-order valence-electron chi connectivity index (χ1n) is 4.65. The number of hydrogen-bond acceptors (Lipinski definition) is 4. The largest absolute Gasteiger partial charge is 0.356 e. The first-order chi connectivity index (χ1) is 6.13. The van der Waals surface area contributed by atoms with Gasteiger partial charge in [0.15, 0.2) is 6.29 Å². The van der Waals surface area contributed by atoms with Crippen LogP contribution < -0.4 is 11.1 Å². The summed E-state index contributed by atoms with van der Waals surface area (Å²) in [6.07, 6.45) is 0.613. The predicted octanol–water partition coefficient (Wildman–Crippen LogP) is 0.321. The van der Waals surface area contributed by atoms with Gasteiger partial charge in [0.25, 0.3) is 0 Å². The summed E-state index contributed by atoms with van der Waals surface area (Å²) in [5.41, 5.74) is 5.61. The van der Waals surface area contributed by atoms with Crippen molar-refractivity contribution in [3.63, 3.8) is 0 Å². The van der Waals surface area contributed by atoms with E-state index in [1.165, 1.54) is 0 Å². The Morgan fingerprint density at radius 1 is 1.23 bits per heavy atom. The van der Waals surface area contributed by atoms with Gasteiger partial charge in [0.1, 0.15) is 0 Å².